The van der Waals surface area contributed by atoms with Gasteiger partial charge in [0.2, 0.25) is 0 Å². The second-order valence-corrected chi connectivity index (χ2v) is 5.72. The van der Waals surface area contributed by atoms with E-state index in [1.807, 2.05) is 0 Å². The molecule has 1 atom stereocenters. The average Bonchev–Trinajstić information content (AvgIpc) is 3.21. The number of benzene rings is 1. The summed E-state index contributed by atoms with van der Waals surface area (Å²) in [7, 11) is 0. The summed E-state index contributed by atoms with van der Waals surface area (Å²) in [6.45, 7) is 2.21. The predicted molar refractivity (Wildman–Crippen MR) is 83.2 cm³/mol. The number of hydrogen-bond acceptors (Lipinski definition) is 6. The van der Waals surface area contributed by atoms with Crippen LogP contribution in [0.15, 0.2) is 34.9 Å². The summed E-state index contributed by atoms with van der Waals surface area (Å²) in [6.07, 6.45) is 1.24. The van der Waals surface area contributed by atoms with E-state index in [1.165, 1.54) is 17.0 Å². The van der Waals surface area contributed by atoms with Gasteiger partial charge in [-0.15, -0.1) is 0 Å². The Bertz CT molecular complexity index is 755. The molecule has 1 saturated heterocycles. The molecule has 3 rings (SSSR count). The zero-order valence-electron chi connectivity index (χ0n) is 13.3. The van der Waals surface area contributed by atoms with Crippen LogP contribution in [0.4, 0.5) is 0 Å². The number of aromatic hydroxyl groups is 1. The van der Waals surface area contributed by atoms with Crippen LogP contribution in [0.25, 0.3) is 0 Å². The van der Waals surface area contributed by atoms with Crippen molar-refractivity contribution in [2.24, 2.45) is 0 Å². The number of nitrogens with zero attached hydrogens (tertiary/aromatic N) is 2. The molecule has 1 N–H and O–H groups in total. The van der Waals surface area contributed by atoms with Crippen molar-refractivity contribution < 1.29 is 24.0 Å². The van der Waals surface area contributed by atoms with Gasteiger partial charge in [0.25, 0.3) is 5.91 Å². The second kappa shape index (κ2) is 6.74. The summed E-state index contributed by atoms with van der Waals surface area (Å²) in [6, 6.07) is 7.33. The summed E-state index contributed by atoms with van der Waals surface area (Å²) in [5.41, 5.74) is 0.890. The minimum Gasteiger partial charge on any atom is -0.507 e. The molecule has 126 valence electrons. The second-order valence-electron chi connectivity index (χ2n) is 5.72. The van der Waals surface area contributed by atoms with Crippen molar-refractivity contribution in [2.75, 3.05) is 6.54 Å². The number of aryl methyl sites for hydroxylation is 1. The van der Waals surface area contributed by atoms with E-state index in [1.54, 1.807) is 25.1 Å². The SMILES string of the molecule is Cc1cc(COC(=O)C2CCCN2C(=O)c2ccccc2O)on1. The molecule has 1 aromatic heterocycles. The number of carbonyl (C=O) groups excluding carboxylic acids is 2. The fourth-order valence-electron chi connectivity index (χ4n) is 2.79. The van der Waals surface area contributed by atoms with Crippen molar-refractivity contribution in [1.29, 1.82) is 0 Å². The highest BCUT2D eigenvalue weighted by atomic mass is 16.6. The maximum atomic E-state index is 12.6. The molecule has 1 fully saturated rings. The lowest BCUT2D eigenvalue weighted by atomic mass is 10.1. The van der Waals surface area contributed by atoms with Crippen molar-refractivity contribution in [2.45, 2.75) is 32.4 Å². The minimum absolute atomic E-state index is 0.0191. The Morgan fingerprint density at radius 1 is 1.42 bits per heavy atom. The van der Waals surface area contributed by atoms with Gasteiger partial charge in [0, 0.05) is 12.6 Å². The Kier molecular flexibility index (Phi) is 4.50. The summed E-state index contributed by atoms with van der Waals surface area (Å²) in [5.74, 6) is -0.496. The third kappa shape index (κ3) is 3.24. The maximum Gasteiger partial charge on any atom is 0.329 e. The van der Waals surface area contributed by atoms with Gasteiger partial charge >= 0.3 is 5.97 Å². The molecular formula is C17H18N2O5. The maximum absolute atomic E-state index is 12.6. The van der Waals surface area contributed by atoms with Crippen molar-refractivity contribution in [3.8, 4) is 5.75 Å². The smallest absolute Gasteiger partial charge is 0.329 e. The summed E-state index contributed by atoms with van der Waals surface area (Å²) in [4.78, 5) is 26.4. The highest BCUT2D eigenvalue weighted by molar-refractivity contribution is 5.99. The first-order valence-corrected chi connectivity index (χ1v) is 7.74. The molecule has 7 nitrogen and oxygen atoms in total. The van der Waals surface area contributed by atoms with Crippen LogP contribution in [0.1, 0.15) is 34.7 Å². The predicted octanol–water partition coefficient (Wildman–Crippen LogP) is 2.04. The fraction of sp³-hybridized carbons (Fsp3) is 0.353. The third-order valence-corrected chi connectivity index (χ3v) is 3.95. The largest absolute Gasteiger partial charge is 0.507 e. The van der Waals surface area contributed by atoms with Gasteiger partial charge in [-0.05, 0) is 31.9 Å². The van der Waals surface area contributed by atoms with Gasteiger partial charge in [-0.3, -0.25) is 4.79 Å². The molecule has 7 heteroatoms. The van der Waals surface area contributed by atoms with Gasteiger partial charge in [0.1, 0.15) is 11.8 Å². The Morgan fingerprint density at radius 3 is 2.92 bits per heavy atom. The number of rotatable bonds is 4. The molecule has 1 unspecified atom stereocenters. The molecule has 0 aliphatic carbocycles. The first-order valence-electron chi connectivity index (χ1n) is 7.74. The molecule has 1 aliphatic heterocycles. The Hall–Kier alpha value is -2.83. The minimum atomic E-state index is -0.652. The quantitative estimate of drug-likeness (QED) is 0.862. The topological polar surface area (TPSA) is 92.9 Å². The highest BCUT2D eigenvalue weighted by Crippen LogP contribution is 2.25. The summed E-state index contributed by atoms with van der Waals surface area (Å²) in [5, 5.41) is 13.6. The Labute approximate surface area is 138 Å². The van der Waals surface area contributed by atoms with Crippen LogP contribution < -0.4 is 0 Å². The number of esters is 1. The third-order valence-electron chi connectivity index (χ3n) is 3.95. The number of aromatic nitrogens is 1. The van der Waals surface area contributed by atoms with Crippen LogP contribution in [0, 0.1) is 6.92 Å². The lowest BCUT2D eigenvalue weighted by Gasteiger charge is -2.23. The lowest BCUT2D eigenvalue weighted by Crippen LogP contribution is -2.41. The zero-order valence-corrected chi connectivity index (χ0v) is 13.3. The highest BCUT2D eigenvalue weighted by Gasteiger charge is 2.36. The molecule has 2 aromatic rings. The van der Waals surface area contributed by atoms with Crippen LogP contribution in [0.2, 0.25) is 0 Å². The van der Waals surface area contributed by atoms with E-state index in [4.69, 9.17) is 9.26 Å². The van der Waals surface area contributed by atoms with Crippen LogP contribution in [0.3, 0.4) is 0 Å². The first-order chi connectivity index (χ1) is 11.6. The van der Waals surface area contributed by atoms with E-state index in [0.717, 1.165) is 0 Å². The van der Waals surface area contributed by atoms with Gasteiger partial charge in [-0.2, -0.15) is 0 Å². The number of likely N-dealkylation sites (tertiary alicyclic amines) is 1. The molecule has 2 heterocycles. The normalized spacial score (nSPS) is 17.0. The molecule has 0 bridgehead atoms. The summed E-state index contributed by atoms with van der Waals surface area (Å²) < 4.78 is 10.2. The monoisotopic (exact) mass is 330 g/mol. The molecule has 0 radical (unpaired) electrons. The van der Waals surface area contributed by atoms with Crippen LogP contribution in [0.5, 0.6) is 5.75 Å². The van der Waals surface area contributed by atoms with Gasteiger partial charge in [0.15, 0.2) is 12.4 Å². The van der Waals surface area contributed by atoms with E-state index in [2.05, 4.69) is 5.16 Å². The van der Waals surface area contributed by atoms with Gasteiger partial charge in [0.05, 0.1) is 11.3 Å². The van der Waals surface area contributed by atoms with Gasteiger partial charge in [-0.25, -0.2) is 4.79 Å². The van der Waals surface area contributed by atoms with E-state index in [0.29, 0.717) is 30.8 Å². The molecule has 1 amide bonds. The number of carbonyl (C=O) groups is 2. The molecule has 1 aromatic carbocycles. The standard InChI is InChI=1S/C17H18N2O5/c1-11-9-12(24-18-11)10-23-17(22)14-6-4-8-19(14)16(21)13-5-2-3-7-15(13)20/h2-3,5,7,9,14,20H,4,6,8,10H2,1H3. The van der Waals surface area contributed by atoms with Crippen molar-refractivity contribution in [3.63, 3.8) is 0 Å². The number of phenols is 1. The van der Waals surface area contributed by atoms with E-state index < -0.39 is 12.0 Å². The van der Waals surface area contributed by atoms with E-state index in [9.17, 15) is 14.7 Å². The van der Waals surface area contributed by atoms with Gasteiger partial charge in [-0.1, -0.05) is 17.3 Å². The number of para-hydroxylation sites is 1. The molecule has 0 saturated carbocycles. The zero-order chi connectivity index (χ0) is 17.1. The molecule has 24 heavy (non-hydrogen) atoms. The van der Waals surface area contributed by atoms with Crippen molar-refractivity contribution in [3.05, 3.63) is 47.3 Å². The Balaban J connectivity index is 1.67. The van der Waals surface area contributed by atoms with Crippen molar-refractivity contribution >= 4 is 11.9 Å². The Morgan fingerprint density at radius 2 is 2.21 bits per heavy atom. The van der Waals surface area contributed by atoms with Crippen LogP contribution in [-0.2, 0) is 16.1 Å². The number of hydrogen-bond donors (Lipinski definition) is 1. The fourth-order valence-corrected chi connectivity index (χ4v) is 2.79. The average molecular weight is 330 g/mol. The van der Waals surface area contributed by atoms with Gasteiger partial charge < -0.3 is 19.3 Å². The molecule has 1 aliphatic rings. The van der Waals surface area contributed by atoms with E-state index >= 15 is 0 Å². The van der Waals surface area contributed by atoms with Crippen LogP contribution >= 0.6 is 0 Å². The van der Waals surface area contributed by atoms with Crippen LogP contribution in [-0.4, -0.2) is 39.6 Å². The summed E-state index contributed by atoms with van der Waals surface area (Å²) >= 11 is 0. The molecule has 0 spiro atoms. The van der Waals surface area contributed by atoms with Crippen molar-refractivity contribution in [1.82, 2.24) is 10.1 Å². The lowest BCUT2D eigenvalue weighted by molar-refractivity contribution is -0.150. The number of ether oxygens (including phenoxy) is 1. The van der Waals surface area contributed by atoms with E-state index in [-0.39, 0.29) is 23.8 Å². The number of phenolic OH excluding ortho intramolecular Hbond substituents is 1. The number of amides is 1. The molecular weight excluding hydrogens is 312 g/mol. The first kappa shape index (κ1) is 16.0.